The highest BCUT2D eigenvalue weighted by molar-refractivity contribution is 7.91. The van der Waals surface area contributed by atoms with Gasteiger partial charge in [0.25, 0.3) is 0 Å². The van der Waals surface area contributed by atoms with Crippen molar-refractivity contribution >= 4 is 15.7 Å². The Morgan fingerprint density at radius 3 is 2.65 bits per heavy atom. The van der Waals surface area contributed by atoms with Crippen LogP contribution in [0.4, 0.5) is 0 Å². The van der Waals surface area contributed by atoms with Crippen molar-refractivity contribution in [1.82, 2.24) is 15.1 Å². The standard InChI is InChI=1S/C9H13N3O4S/c1-6-10-11-8(16-6)9(13)12(2)7-3-4-17(14,15)5-7/h7H,3-5H2,1-2H3. The third kappa shape index (κ3) is 2.46. The molecule has 0 N–H and O–H groups in total. The van der Waals surface area contributed by atoms with Gasteiger partial charge in [-0.05, 0) is 6.42 Å². The predicted octanol–water partition coefficient (Wildman–Crippen LogP) is -0.363. The summed E-state index contributed by atoms with van der Waals surface area (Å²) in [6.45, 7) is 1.59. The van der Waals surface area contributed by atoms with Crippen LogP contribution in [0.25, 0.3) is 0 Å². The largest absolute Gasteiger partial charge is 0.417 e. The van der Waals surface area contributed by atoms with Crippen molar-refractivity contribution in [3.05, 3.63) is 11.8 Å². The van der Waals surface area contributed by atoms with Crippen LogP contribution in [-0.2, 0) is 9.84 Å². The fraction of sp³-hybridized carbons (Fsp3) is 0.667. The number of sulfone groups is 1. The molecule has 1 aromatic rings. The predicted molar refractivity (Wildman–Crippen MR) is 58.2 cm³/mol. The summed E-state index contributed by atoms with van der Waals surface area (Å²) in [6.07, 6.45) is 0.456. The zero-order valence-electron chi connectivity index (χ0n) is 9.58. The lowest BCUT2D eigenvalue weighted by Crippen LogP contribution is -2.38. The lowest BCUT2D eigenvalue weighted by atomic mass is 10.2. The average Bonchev–Trinajstić information content (AvgIpc) is 2.82. The van der Waals surface area contributed by atoms with Crippen LogP contribution < -0.4 is 0 Å². The van der Waals surface area contributed by atoms with Crippen LogP contribution in [-0.4, -0.2) is 54.0 Å². The highest BCUT2D eigenvalue weighted by Crippen LogP contribution is 2.18. The molecule has 0 saturated carbocycles. The maximum atomic E-state index is 11.9. The van der Waals surface area contributed by atoms with Gasteiger partial charge in [0.1, 0.15) is 0 Å². The van der Waals surface area contributed by atoms with Crippen molar-refractivity contribution in [2.24, 2.45) is 0 Å². The normalized spacial score (nSPS) is 22.6. The molecular formula is C9H13N3O4S. The lowest BCUT2D eigenvalue weighted by molar-refractivity contribution is 0.0706. The van der Waals surface area contributed by atoms with Gasteiger partial charge in [0.15, 0.2) is 9.84 Å². The number of carbonyl (C=O) groups is 1. The minimum Gasteiger partial charge on any atom is -0.417 e. The summed E-state index contributed by atoms with van der Waals surface area (Å²) in [5.41, 5.74) is 0. The number of rotatable bonds is 2. The Balaban J connectivity index is 2.11. The van der Waals surface area contributed by atoms with Crippen LogP contribution in [0, 0.1) is 6.92 Å². The number of hydrogen-bond acceptors (Lipinski definition) is 6. The molecule has 1 fully saturated rings. The van der Waals surface area contributed by atoms with Crippen molar-refractivity contribution in [3.63, 3.8) is 0 Å². The van der Waals surface area contributed by atoms with Gasteiger partial charge in [0.2, 0.25) is 5.89 Å². The number of carbonyl (C=O) groups excluding carboxylic acids is 1. The van der Waals surface area contributed by atoms with E-state index in [1.54, 1.807) is 14.0 Å². The van der Waals surface area contributed by atoms with Crippen molar-refractivity contribution in [1.29, 1.82) is 0 Å². The first kappa shape index (κ1) is 12.0. The smallest absolute Gasteiger partial charge is 0.311 e. The molecule has 2 rings (SSSR count). The molecule has 1 atom stereocenters. The molecule has 0 radical (unpaired) electrons. The van der Waals surface area contributed by atoms with E-state index in [2.05, 4.69) is 10.2 Å². The van der Waals surface area contributed by atoms with E-state index in [0.717, 1.165) is 0 Å². The van der Waals surface area contributed by atoms with E-state index in [1.165, 1.54) is 4.90 Å². The van der Waals surface area contributed by atoms with E-state index < -0.39 is 15.7 Å². The van der Waals surface area contributed by atoms with Crippen molar-refractivity contribution in [2.45, 2.75) is 19.4 Å². The molecule has 8 heteroatoms. The molecule has 1 aliphatic heterocycles. The van der Waals surface area contributed by atoms with Gasteiger partial charge in [0.05, 0.1) is 11.5 Å². The van der Waals surface area contributed by atoms with E-state index >= 15 is 0 Å². The Morgan fingerprint density at radius 1 is 1.47 bits per heavy atom. The molecule has 1 saturated heterocycles. The SMILES string of the molecule is Cc1nnc(C(=O)N(C)C2CCS(=O)(=O)C2)o1. The third-order valence-corrected chi connectivity index (χ3v) is 4.54. The second-order valence-corrected chi connectivity index (χ2v) is 6.33. The maximum absolute atomic E-state index is 11.9. The number of aromatic nitrogens is 2. The summed E-state index contributed by atoms with van der Waals surface area (Å²) in [6, 6.07) is -0.306. The van der Waals surface area contributed by atoms with Gasteiger partial charge < -0.3 is 9.32 Å². The summed E-state index contributed by atoms with van der Waals surface area (Å²) in [7, 11) is -1.46. The maximum Gasteiger partial charge on any atom is 0.311 e. The Kier molecular flexibility index (Phi) is 2.90. The topological polar surface area (TPSA) is 93.4 Å². The molecule has 0 aromatic carbocycles. The lowest BCUT2D eigenvalue weighted by Gasteiger charge is -2.21. The molecule has 2 heterocycles. The third-order valence-electron chi connectivity index (χ3n) is 2.79. The van der Waals surface area contributed by atoms with Crippen LogP contribution in [0.3, 0.4) is 0 Å². The molecule has 17 heavy (non-hydrogen) atoms. The van der Waals surface area contributed by atoms with Crippen LogP contribution >= 0.6 is 0 Å². The number of aryl methyl sites for hydroxylation is 1. The summed E-state index contributed by atoms with van der Waals surface area (Å²) in [5, 5.41) is 7.18. The minimum atomic E-state index is -3.01. The van der Waals surface area contributed by atoms with Gasteiger partial charge in [0, 0.05) is 20.0 Å². The molecule has 1 unspecified atom stereocenters. The summed E-state index contributed by atoms with van der Waals surface area (Å²) < 4.78 is 27.7. The van der Waals surface area contributed by atoms with Crippen LogP contribution in [0.2, 0.25) is 0 Å². The average molecular weight is 259 g/mol. The summed E-state index contributed by atoms with van der Waals surface area (Å²) in [4.78, 5) is 13.2. The molecule has 1 amide bonds. The van der Waals surface area contributed by atoms with E-state index in [9.17, 15) is 13.2 Å². The van der Waals surface area contributed by atoms with E-state index in [-0.39, 0.29) is 23.4 Å². The first-order chi connectivity index (χ1) is 7.89. The highest BCUT2D eigenvalue weighted by atomic mass is 32.2. The van der Waals surface area contributed by atoms with Crippen molar-refractivity contribution in [3.8, 4) is 0 Å². The first-order valence-corrected chi connectivity index (χ1v) is 6.99. The van der Waals surface area contributed by atoms with E-state index in [4.69, 9.17) is 4.42 Å². The zero-order valence-corrected chi connectivity index (χ0v) is 10.4. The summed E-state index contributed by atoms with van der Waals surface area (Å²) in [5.74, 6) is -0.108. The van der Waals surface area contributed by atoms with Gasteiger partial charge in [-0.3, -0.25) is 4.79 Å². The molecule has 1 aliphatic rings. The second kappa shape index (κ2) is 4.10. The molecule has 1 aromatic heterocycles. The van der Waals surface area contributed by atoms with Crippen molar-refractivity contribution < 1.29 is 17.6 Å². The molecule has 0 aliphatic carbocycles. The Hall–Kier alpha value is -1.44. The number of nitrogens with zero attached hydrogens (tertiary/aromatic N) is 3. The quantitative estimate of drug-likeness (QED) is 0.719. The Morgan fingerprint density at radius 2 is 2.18 bits per heavy atom. The van der Waals surface area contributed by atoms with E-state index in [1.807, 2.05) is 0 Å². The van der Waals surface area contributed by atoms with E-state index in [0.29, 0.717) is 12.3 Å². The monoisotopic (exact) mass is 259 g/mol. The molecule has 0 bridgehead atoms. The van der Waals surface area contributed by atoms with Gasteiger partial charge in [-0.1, -0.05) is 0 Å². The Labute approximate surface area is 98.7 Å². The fourth-order valence-electron chi connectivity index (χ4n) is 1.78. The van der Waals surface area contributed by atoms with Gasteiger partial charge in [-0.15, -0.1) is 10.2 Å². The molecule has 94 valence electrons. The highest BCUT2D eigenvalue weighted by Gasteiger charge is 2.34. The van der Waals surface area contributed by atoms with Crippen molar-refractivity contribution in [2.75, 3.05) is 18.6 Å². The number of hydrogen-bond donors (Lipinski definition) is 0. The van der Waals surface area contributed by atoms with Crippen LogP contribution in [0.5, 0.6) is 0 Å². The second-order valence-electron chi connectivity index (χ2n) is 4.10. The molecular weight excluding hydrogens is 246 g/mol. The Bertz CT molecular complexity index is 536. The van der Waals surface area contributed by atoms with Gasteiger partial charge >= 0.3 is 11.8 Å². The first-order valence-electron chi connectivity index (χ1n) is 5.17. The van der Waals surface area contributed by atoms with Gasteiger partial charge in [-0.25, -0.2) is 8.42 Å². The zero-order chi connectivity index (χ0) is 12.6. The number of amides is 1. The minimum absolute atomic E-state index is 0.00234. The molecule has 7 nitrogen and oxygen atoms in total. The van der Waals surface area contributed by atoms with Crippen LogP contribution in [0.15, 0.2) is 4.42 Å². The van der Waals surface area contributed by atoms with Crippen LogP contribution in [0.1, 0.15) is 23.0 Å². The molecule has 0 spiro atoms. The summed E-state index contributed by atoms with van der Waals surface area (Å²) >= 11 is 0. The van der Waals surface area contributed by atoms with Gasteiger partial charge in [-0.2, -0.15) is 0 Å². The fourth-order valence-corrected chi connectivity index (χ4v) is 3.55.